The predicted molar refractivity (Wildman–Crippen MR) is 72.5 cm³/mol. The third-order valence-corrected chi connectivity index (χ3v) is 2.72. The summed E-state index contributed by atoms with van der Waals surface area (Å²) >= 11 is 5.88. The number of nitrogens with zero attached hydrogens (tertiary/aromatic N) is 2. The van der Waals surface area contributed by atoms with Crippen molar-refractivity contribution < 1.29 is 14.3 Å². The number of hydrogen-bond acceptors (Lipinski definition) is 4. The van der Waals surface area contributed by atoms with Crippen molar-refractivity contribution >= 4 is 17.4 Å². The quantitative estimate of drug-likeness (QED) is 0.393. The first kappa shape index (κ1) is 14.1. The van der Waals surface area contributed by atoms with Gasteiger partial charge in [-0.1, -0.05) is 16.8 Å². The van der Waals surface area contributed by atoms with Crippen molar-refractivity contribution in [3.8, 4) is 5.75 Å². The van der Waals surface area contributed by atoms with E-state index in [9.17, 15) is 4.39 Å². The molecule has 0 unspecified atom stereocenters. The van der Waals surface area contributed by atoms with Gasteiger partial charge in [-0.05, 0) is 24.3 Å². The highest BCUT2D eigenvalue weighted by Crippen LogP contribution is 2.24. The maximum absolute atomic E-state index is 13.0. The van der Waals surface area contributed by atoms with E-state index in [1.807, 2.05) is 0 Å². The summed E-state index contributed by atoms with van der Waals surface area (Å²) < 4.78 is 18.5. The van der Waals surface area contributed by atoms with Gasteiger partial charge in [0.05, 0.1) is 11.8 Å². The molecule has 104 valence electrons. The molecule has 0 aliphatic carbocycles. The average molecular weight is 296 g/mol. The van der Waals surface area contributed by atoms with Crippen molar-refractivity contribution in [3.63, 3.8) is 0 Å². The van der Waals surface area contributed by atoms with Gasteiger partial charge in [0, 0.05) is 16.8 Å². The summed E-state index contributed by atoms with van der Waals surface area (Å²) in [5.74, 6) is -0.222. The zero-order valence-corrected chi connectivity index (χ0v) is 11.0. The van der Waals surface area contributed by atoms with E-state index >= 15 is 0 Å². The molecule has 1 aromatic carbocycles. The van der Waals surface area contributed by atoms with Crippen molar-refractivity contribution in [2.75, 3.05) is 0 Å². The number of oxime groups is 1. The lowest BCUT2D eigenvalue weighted by Crippen LogP contribution is -2.14. The number of ether oxygens (including phenoxy) is 1. The summed E-state index contributed by atoms with van der Waals surface area (Å²) in [7, 11) is 0. The Hall–Kier alpha value is -2.34. The van der Waals surface area contributed by atoms with E-state index < -0.39 is 5.82 Å². The standard InChI is InChI=1S/C13H11ClFN3O2/c14-9-1-2-11(13(16)18-19)12(4-9)20-7-8-3-10(15)6-17-5-8/h1-6,19H,7H2,(H2,16,18). The van der Waals surface area contributed by atoms with E-state index in [-0.39, 0.29) is 12.4 Å². The van der Waals surface area contributed by atoms with Gasteiger partial charge in [0.15, 0.2) is 5.84 Å². The van der Waals surface area contributed by atoms with Gasteiger partial charge in [0.1, 0.15) is 18.2 Å². The van der Waals surface area contributed by atoms with E-state index in [1.54, 1.807) is 12.1 Å². The molecule has 0 aliphatic heterocycles. The van der Waals surface area contributed by atoms with Crippen molar-refractivity contribution in [3.05, 3.63) is 58.6 Å². The Morgan fingerprint density at radius 2 is 2.20 bits per heavy atom. The fraction of sp³-hybridized carbons (Fsp3) is 0.0769. The van der Waals surface area contributed by atoms with Crippen molar-refractivity contribution in [2.24, 2.45) is 10.9 Å². The molecular formula is C13H11ClFN3O2. The minimum Gasteiger partial charge on any atom is -0.488 e. The van der Waals surface area contributed by atoms with Gasteiger partial charge in [-0.2, -0.15) is 0 Å². The second-order valence-electron chi connectivity index (χ2n) is 3.93. The smallest absolute Gasteiger partial charge is 0.173 e. The van der Waals surface area contributed by atoms with Gasteiger partial charge >= 0.3 is 0 Å². The minimum absolute atomic E-state index is 0.0802. The van der Waals surface area contributed by atoms with Gasteiger partial charge < -0.3 is 15.7 Å². The first-order valence-corrected chi connectivity index (χ1v) is 5.97. The molecule has 1 aromatic heterocycles. The topological polar surface area (TPSA) is 80.7 Å². The van der Waals surface area contributed by atoms with Crippen LogP contribution < -0.4 is 10.5 Å². The molecule has 0 bridgehead atoms. The summed E-state index contributed by atoms with van der Waals surface area (Å²) in [5, 5.41) is 12.1. The lowest BCUT2D eigenvalue weighted by molar-refractivity contribution is 0.302. The molecule has 20 heavy (non-hydrogen) atoms. The largest absolute Gasteiger partial charge is 0.488 e. The van der Waals surface area contributed by atoms with Gasteiger partial charge in [0.25, 0.3) is 0 Å². The predicted octanol–water partition coefficient (Wildman–Crippen LogP) is 2.55. The average Bonchev–Trinajstić information content (AvgIpc) is 2.44. The Morgan fingerprint density at radius 1 is 1.40 bits per heavy atom. The SMILES string of the molecule is N/C(=N/O)c1ccc(Cl)cc1OCc1cncc(F)c1. The summed E-state index contributed by atoms with van der Waals surface area (Å²) in [6.07, 6.45) is 2.58. The number of pyridine rings is 1. The number of aromatic nitrogens is 1. The van der Waals surface area contributed by atoms with Gasteiger partial charge in [-0.25, -0.2) is 4.39 Å². The van der Waals surface area contributed by atoms with Crippen LogP contribution in [0.1, 0.15) is 11.1 Å². The third-order valence-electron chi connectivity index (χ3n) is 2.48. The fourth-order valence-electron chi connectivity index (χ4n) is 1.58. The molecule has 5 nitrogen and oxygen atoms in total. The number of nitrogens with two attached hydrogens (primary N) is 1. The Balaban J connectivity index is 2.22. The molecule has 0 spiro atoms. The molecule has 3 N–H and O–H groups in total. The number of rotatable bonds is 4. The number of benzene rings is 1. The van der Waals surface area contributed by atoms with E-state index in [2.05, 4.69) is 10.1 Å². The van der Waals surface area contributed by atoms with Crippen molar-refractivity contribution in [1.82, 2.24) is 4.98 Å². The van der Waals surface area contributed by atoms with E-state index in [1.165, 1.54) is 18.3 Å². The third kappa shape index (κ3) is 3.36. The maximum Gasteiger partial charge on any atom is 0.173 e. The lowest BCUT2D eigenvalue weighted by atomic mass is 10.2. The molecule has 0 fully saturated rings. The van der Waals surface area contributed by atoms with Crippen LogP contribution in [0.15, 0.2) is 41.8 Å². The molecule has 0 saturated heterocycles. The van der Waals surface area contributed by atoms with E-state index in [0.717, 1.165) is 6.20 Å². The van der Waals surface area contributed by atoms with Gasteiger partial charge in [-0.3, -0.25) is 4.98 Å². The molecule has 7 heteroatoms. The molecule has 2 rings (SSSR count). The summed E-state index contributed by atoms with van der Waals surface area (Å²) in [4.78, 5) is 3.72. The van der Waals surface area contributed by atoms with Gasteiger partial charge in [-0.15, -0.1) is 0 Å². The Morgan fingerprint density at radius 3 is 2.90 bits per heavy atom. The number of amidine groups is 1. The summed E-state index contributed by atoms with van der Waals surface area (Å²) in [6, 6.07) is 5.99. The molecular weight excluding hydrogens is 285 g/mol. The highest BCUT2D eigenvalue weighted by atomic mass is 35.5. The monoisotopic (exact) mass is 295 g/mol. The maximum atomic E-state index is 13.0. The molecule has 1 heterocycles. The molecule has 0 aliphatic rings. The highest BCUT2D eigenvalue weighted by molar-refractivity contribution is 6.30. The van der Waals surface area contributed by atoms with Crippen LogP contribution >= 0.6 is 11.6 Å². The van der Waals surface area contributed by atoms with Crippen LogP contribution in [0, 0.1) is 5.82 Å². The Kier molecular flexibility index (Phi) is 4.37. The fourth-order valence-corrected chi connectivity index (χ4v) is 1.74. The summed E-state index contributed by atoms with van der Waals surface area (Å²) in [5.41, 5.74) is 6.48. The van der Waals surface area contributed by atoms with Crippen LogP contribution in [0.5, 0.6) is 5.75 Å². The summed E-state index contributed by atoms with van der Waals surface area (Å²) in [6.45, 7) is 0.0802. The second kappa shape index (κ2) is 6.21. The normalized spacial score (nSPS) is 11.4. The molecule has 2 aromatic rings. The minimum atomic E-state index is -0.450. The molecule has 0 saturated carbocycles. The molecule has 0 radical (unpaired) electrons. The van der Waals surface area contributed by atoms with Crippen LogP contribution in [-0.2, 0) is 6.61 Å². The second-order valence-corrected chi connectivity index (χ2v) is 4.36. The molecule has 0 atom stereocenters. The van der Waals surface area contributed by atoms with Crippen LogP contribution in [0.3, 0.4) is 0 Å². The van der Waals surface area contributed by atoms with E-state index in [4.69, 9.17) is 27.3 Å². The van der Waals surface area contributed by atoms with Crippen LogP contribution in [-0.4, -0.2) is 16.0 Å². The number of hydrogen-bond donors (Lipinski definition) is 2. The lowest BCUT2D eigenvalue weighted by Gasteiger charge is -2.11. The zero-order chi connectivity index (χ0) is 14.5. The molecule has 0 amide bonds. The highest BCUT2D eigenvalue weighted by Gasteiger charge is 2.10. The number of halogens is 2. The first-order chi connectivity index (χ1) is 9.60. The first-order valence-electron chi connectivity index (χ1n) is 5.60. The Bertz CT molecular complexity index is 649. The van der Waals surface area contributed by atoms with Gasteiger partial charge in [0.2, 0.25) is 0 Å². The van der Waals surface area contributed by atoms with E-state index in [0.29, 0.717) is 21.9 Å². The van der Waals surface area contributed by atoms with Crippen molar-refractivity contribution in [1.29, 1.82) is 0 Å². The van der Waals surface area contributed by atoms with Crippen LogP contribution in [0.4, 0.5) is 4.39 Å². The van der Waals surface area contributed by atoms with Crippen LogP contribution in [0.25, 0.3) is 0 Å². The Labute approximate surface area is 119 Å². The van der Waals surface area contributed by atoms with Crippen LogP contribution in [0.2, 0.25) is 5.02 Å². The van der Waals surface area contributed by atoms with Crippen molar-refractivity contribution in [2.45, 2.75) is 6.61 Å². The zero-order valence-electron chi connectivity index (χ0n) is 10.3.